The first-order valence-electron chi connectivity index (χ1n) is 7.51. The van der Waals surface area contributed by atoms with Gasteiger partial charge < -0.3 is 10.1 Å². The molecule has 0 aromatic heterocycles. The molecule has 0 aliphatic rings. The van der Waals surface area contributed by atoms with Gasteiger partial charge in [-0.2, -0.15) is 0 Å². The number of sulfonamides is 1. The summed E-state index contributed by atoms with van der Waals surface area (Å²) in [5.74, 6) is 0.169. The van der Waals surface area contributed by atoms with E-state index in [1.54, 1.807) is 24.3 Å². The fourth-order valence-corrected chi connectivity index (χ4v) is 2.50. The van der Waals surface area contributed by atoms with E-state index in [4.69, 9.17) is 9.88 Å². The van der Waals surface area contributed by atoms with Crippen molar-refractivity contribution in [3.63, 3.8) is 0 Å². The number of hydrogen-bond donors (Lipinski definition) is 2. The Hall–Kier alpha value is -2.38. The van der Waals surface area contributed by atoms with Gasteiger partial charge in [0.1, 0.15) is 5.75 Å². The van der Waals surface area contributed by atoms with Crippen molar-refractivity contribution in [2.24, 2.45) is 5.14 Å². The molecule has 128 valence electrons. The van der Waals surface area contributed by atoms with E-state index in [-0.39, 0.29) is 16.9 Å². The van der Waals surface area contributed by atoms with Gasteiger partial charge in [-0.25, -0.2) is 13.6 Å². The molecular formula is C17H20N2O4S. The highest BCUT2D eigenvalue weighted by Gasteiger charge is 2.14. The van der Waals surface area contributed by atoms with Crippen LogP contribution in [0.5, 0.6) is 5.75 Å². The van der Waals surface area contributed by atoms with Crippen molar-refractivity contribution in [2.45, 2.75) is 31.3 Å². The van der Waals surface area contributed by atoms with Gasteiger partial charge in [0.15, 0.2) is 0 Å². The summed E-state index contributed by atoms with van der Waals surface area (Å²) in [5, 5.41) is 7.76. The third kappa shape index (κ3) is 4.56. The molecular weight excluding hydrogens is 328 g/mol. The number of nitrogens with one attached hydrogen (secondary N) is 1. The number of nitrogens with two attached hydrogens (primary N) is 1. The zero-order chi connectivity index (χ0) is 17.7. The van der Waals surface area contributed by atoms with Gasteiger partial charge in [-0.3, -0.25) is 4.79 Å². The molecule has 0 bridgehead atoms. The summed E-state index contributed by atoms with van der Waals surface area (Å²) in [4.78, 5) is 12.4. The average Bonchev–Trinajstić information content (AvgIpc) is 2.54. The number of rotatable bonds is 6. The maximum absolute atomic E-state index is 12.5. The highest BCUT2D eigenvalue weighted by Crippen LogP contribution is 2.22. The van der Waals surface area contributed by atoms with E-state index < -0.39 is 10.0 Å². The van der Waals surface area contributed by atoms with Gasteiger partial charge in [-0.05, 0) is 49.7 Å². The van der Waals surface area contributed by atoms with Gasteiger partial charge in [0.2, 0.25) is 10.0 Å². The standard InChI is InChI=1S/C17H20N2O4S/c1-3-12(2)23-16-7-5-4-6-15(16)17(20)19-13-8-10-14(11-9-13)24(18,21)22/h4-12H,3H2,1-2H3,(H,19,20)(H2,18,21,22)/t12-/m0/s1. The van der Waals surface area contributed by atoms with E-state index in [1.807, 2.05) is 13.8 Å². The maximum atomic E-state index is 12.5. The summed E-state index contributed by atoms with van der Waals surface area (Å²) in [6.07, 6.45) is 0.818. The van der Waals surface area contributed by atoms with E-state index >= 15 is 0 Å². The predicted octanol–water partition coefficient (Wildman–Crippen LogP) is 2.76. The summed E-state index contributed by atoms with van der Waals surface area (Å²) < 4.78 is 28.2. The van der Waals surface area contributed by atoms with E-state index in [0.29, 0.717) is 17.0 Å². The Morgan fingerprint density at radius 1 is 1.17 bits per heavy atom. The molecule has 0 heterocycles. The van der Waals surface area contributed by atoms with Crippen molar-refractivity contribution in [3.05, 3.63) is 54.1 Å². The number of carbonyl (C=O) groups excluding carboxylic acids is 1. The lowest BCUT2D eigenvalue weighted by molar-refractivity contribution is 0.102. The molecule has 0 radical (unpaired) electrons. The van der Waals surface area contributed by atoms with Crippen LogP contribution >= 0.6 is 0 Å². The zero-order valence-corrected chi connectivity index (χ0v) is 14.3. The minimum Gasteiger partial charge on any atom is -0.490 e. The summed E-state index contributed by atoms with van der Waals surface area (Å²) in [6.45, 7) is 3.93. The van der Waals surface area contributed by atoms with E-state index in [0.717, 1.165) is 6.42 Å². The first kappa shape index (κ1) is 18.0. The molecule has 1 amide bonds. The van der Waals surface area contributed by atoms with Crippen LogP contribution in [0.3, 0.4) is 0 Å². The predicted molar refractivity (Wildman–Crippen MR) is 92.6 cm³/mol. The van der Waals surface area contributed by atoms with Crippen LogP contribution in [0, 0.1) is 0 Å². The second-order valence-corrected chi connectivity index (χ2v) is 6.92. The highest BCUT2D eigenvalue weighted by atomic mass is 32.2. The third-order valence-electron chi connectivity index (χ3n) is 3.48. The third-order valence-corrected chi connectivity index (χ3v) is 4.40. The van der Waals surface area contributed by atoms with Crippen molar-refractivity contribution >= 4 is 21.6 Å². The number of para-hydroxylation sites is 1. The van der Waals surface area contributed by atoms with Crippen LogP contribution in [0.15, 0.2) is 53.4 Å². The summed E-state index contributed by atoms with van der Waals surface area (Å²) in [7, 11) is -3.76. The van der Waals surface area contributed by atoms with Crippen molar-refractivity contribution < 1.29 is 17.9 Å². The fourth-order valence-electron chi connectivity index (χ4n) is 1.98. The average molecular weight is 348 g/mol. The Bertz CT molecular complexity index is 817. The highest BCUT2D eigenvalue weighted by molar-refractivity contribution is 7.89. The topological polar surface area (TPSA) is 98.5 Å². The van der Waals surface area contributed by atoms with Gasteiger partial charge in [0.25, 0.3) is 5.91 Å². The van der Waals surface area contributed by atoms with E-state index in [9.17, 15) is 13.2 Å². The first-order chi connectivity index (χ1) is 11.3. The monoisotopic (exact) mass is 348 g/mol. The van der Waals surface area contributed by atoms with Crippen LogP contribution in [0.2, 0.25) is 0 Å². The lowest BCUT2D eigenvalue weighted by atomic mass is 10.1. The molecule has 0 aliphatic carbocycles. The Kier molecular flexibility index (Phi) is 5.58. The molecule has 2 aromatic rings. The number of anilines is 1. The molecule has 24 heavy (non-hydrogen) atoms. The number of hydrogen-bond acceptors (Lipinski definition) is 4. The lowest BCUT2D eigenvalue weighted by Gasteiger charge is -2.16. The molecule has 0 saturated carbocycles. The number of amides is 1. The molecule has 3 N–H and O–H groups in total. The number of carbonyl (C=O) groups is 1. The van der Waals surface area contributed by atoms with Crippen molar-refractivity contribution in [1.29, 1.82) is 0 Å². The fraction of sp³-hybridized carbons (Fsp3) is 0.235. The molecule has 0 unspecified atom stereocenters. The summed E-state index contributed by atoms with van der Waals surface area (Å²) >= 11 is 0. The van der Waals surface area contributed by atoms with Crippen LogP contribution < -0.4 is 15.2 Å². The quantitative estimate of drug-likeness (QED) is 0.838. The number of primary sulfonamides is 1. The smallest absolute Gasteiger partial charge is 0.259 e. The maximum Gasteiger partial charge on any atom is 0.259 e. The van der Waals surface area contributed by atoms with Crippen LogP contribution in [-0.2, 0) is 10.0 Å². The minimum absolute atomic E-state index is 0.00649. The lowest BCUT2D eigenvalue weighted by Crippen LogP contribution is -2.17. The Labute approximate surface area is 141 Å². The van der Waals surface area contributed by atoms with Crippen molar-refractivity contribution in [1.82, 2.24) is 0 Å². The van der Waals surface area contributed by atoms with Crippen molar-refractivity contribution in [3.8, 4) is 5.75 Å². The van der Waals surface area contributed by atoms with Crippen molar-refractivity contribution in [2.75, 3.05) is 5.32 Å². The Morgan fingerprint density at radius 2 is 1.79 bits per heavy atom. The molecule has 2 aromatic carbocycles. The first-order valence-corrected chi connectivity index (χ1v) is 9.05. The van der Waals surface area contributed by atoms with Crippen LogP contribution in [-0.4, -0.2) is 20.4 Å². The second-order valence-electron chi connectivity index (χ2n) is 5.36. The SMILES string of the molecule is CC[C@H](C)Oc1ccccc1C(=O)Nc1ccc(S(N)(=O)=O)cc1. The minimum atomic E-state index is -3.76. The molecule has 7 heteroatoms. The van der Waals surface area contributed by atoms with Crippen LogP contribution in [0.1, 0.15) is 30.6 Å². The molecule has 0 saturated heterocycles. The summed E-state index contributed by atoms with van der Waals surface area (Å²) in [5.41, 5.74) is 0.874. The molecule has 1 atom stereocenters. The van der Waals surface area contributed by atoms with E-state index in [2.05, 4.69) is 5.32 Å². The van der Waals surface area contributed by atoms with Crippen LogP contribution in [0.25, 0.3) is 0 Å². The van der Waals surface area contributed by atoms with Gasteiger partial charge >= 0.3 is 0 Å². The van der Waals surface area contributed by atoms with Gasteiger partial charge in [-0.15, -0.1) is 0 Å². The molecule has 2 rings (SSSR count). The number of ether oxygens (including phenoxy) is 1. The zero-order valence-electron chi connectivity index (χ0n) is 13.5. The molecule has 0 aliphatic heterocycles. The van der Waals surface area contributed by atoms with Gasteiger partial charge in [0, 0.05) is 5.69 Å². The van der Waals surface area contributed by atoms with Gasteiger partial charge in [-0.1, -0.05) is 19.1 Å². The Balaban J connectivity index is 2.18. The molecule has 0 spiro atoms. The van der Waals surface area contributed by atoms with Gasteiger partial charge in [0.05, 0.1) is 16.6 Å². The number of benzene rings is 2. The van der Waals surface area contributed by atoms with Crippen LogP contribution in [0.4, 0.5) is 5.69 Å². The summed E-state index contributed by atoms with van der Waals surface area (Å²) in [6, 6.07) is 12.6. The Morgan fingerprint density at radius 3 is 2.38 bits per heavy atom. The normalized spacial score (nSPS) is 12.5. The largest absolute Gasteiger partial charge is 0.490 e. The second kappa shape index (κ2) is 7.46. The van der Waals surface area contributed by atoms with E-state index in [1.165, 1.54) is 24.3 Å². The molecule has 6 nitrogen and oxygen atoms in total. The molecule has 0 fully saturated rings.